The zero-order valence-corrected chi connectivity index (χ0v) is 14.8. The molecule has 3 rings (SSSR count). The maximum absolute atomic E-state index is 13.1. The van der Waals surface area contributed by atoms with Gasteiger partial charge in [0.15, 0.2) is 6.10 Å². The van der Waals surface area contributed by atoms with E-state index in [1.54, 1.807) is 30.3 Å². The third-order valence-corrected chi connectivity index (χ3v) is 4.08. The first-order valence-electron chi connectivity index (χ1n) is 8.22. The molecule has 0 bridgehead atoms. The largest absolute Gasteiger partial charge is 0.451 e. The second-order valence-corrected chi connectivity index (χ2v) is 6.13. The number of anilines is 1. The minimum absolute atomic E-state index is 0.336. The molecule has 1 aliphatic heterocycles. The lowest BCUT2D eigenvalue weighted by Crippen LogP contribution is -2.42. The highest BCUT2D eigenvalue weighted by Crippen LogP contribution is 2.43. The summed E-state index contributed by atoms with van der Waals surface area (Å²) in [5, 5.41) is 0. The van der Waals surface area contributed by atoms with Gasteiger partial charge < -0.3 is 9.47 Å². The highest BCUT2D eigenvalue weighted by molar-refractivity contribution is 6.08. The Morgan fingerprint density at radius 3 is 2.19 bits per heavy atom. The summed E-state index contributed by atoms with van der Waals surface area (Å²) in [6, 6.07) is 14.1. The minimum Gasteiger partial charge on any atom is -0.451 e. The second-order valence-electron chi connectivity index (χ2n) is 6.13. The number of aryl methyl sites for hydroxylation is 1. The van der Waals surface area contributed by atoms with Crippen LogP contribution in [0.4, 0.5) is 5.69 Å². The number of amides is 1. The fourth-order valence-corrected chi connectivity index (χ4v) is 3.08. The number of nitrogens with zero attached hydrogens (tertiary/aromatic N) is 1. The smallest absolute Gasteiger partial charge is 0.304 e. The highest BCUT2D eigenvalue weighted by atomic mass is 16.6. The standard InChI is InChI=1S/C20H19NO5/c1-12-9-10-17-16(11-12)18(25-13(2)22)20(26-14(3)23)21(17)19(24)15-7-5-4-6-8-15/h4-11,18,20H,1-3H3/t18-,20+/m1/s1. The fourth-order valence-electron chi connectivity index (χ4n) is 3.08. The Morgan fingerprint density at radius 2 is 1.58 bits per heavy atom. The van der Waals surface area contributed by atoms with Crippen LogP contribution in [-0.4, -0.2) is 24.1 Å². The molecule has 0 radical (unpaired) electrons. The number of fused-ring (bicyclic) bond motifs is 1. The number of esters is 2. The van der Waals surface area contributed by atoms with Crippen LogP contribution in [0.3, 0.4) is 0 Å². The molecule has 0 spiro atoms. The molecule has 1 amide bonds. The molecule has 0 fully saturated rings. The predicted octanol–water partition coefficient (Wildman–Crippen LogP) is 3.15. The monoisotopic (exact) mass is 353 g/mol. The molecule has 6 heteroatoms. The van der Waals surface area contributed by atoms with Crippen LogP contribution in [0.5, 0.6) is 0 Å². The Kier molecular flexibility index (Phi) is 4.75. The van der Waals surface area contributed by atoms with Gasteiger partial charge in [-0.3, -0.25) is 19.3 Å². The van der Waals surface area contributed by atoms with E-state index in [9.17, 15) is 14.4 Å². The highest BCUT2D eigenvalue weighted by Gasteiger charge is 2.46. The molecule has 0 saturated heterocycles. The number of carbonyl (C=O) groups excluding carboxylic acids is 3. The van der Waals surface area contributed by atoms with Gasteiger partial charge >= 0.3 is 11.9 Å². The summed E-state index contributed by atoms with van der Waals surface area (Å²) < 4.78 is 10.8. The number of rotatable bonds is 3. The molecular formula is C20H19NO5. The van der Waals surface area contributed by atoms with Gasteiger partial charge in [-0.2, -0.15) is 0 Å². The molecule has 0 saturated carbocycles. The van der Waals surface area contributed by atoms with Gasteiger partial charge in [-0.25, -0.2) is 0 Å². The van der Waals surface area contributed by atoms with Crippen molar-refractivity contribution in [1.29, 1.82) is 0 Å². The normalized spacial score (nSPS) is 18.2. The van der Waals surface area contributed by atoms with Gasteiger partial charge in [-0.1, -0.05) is 35.9 Å². The van der Waals surface area contributed by atoms with Gasteiger partial charge in [0.25, 0.3) is 5.91 Å². The summed E-state index contributed by atoms with van der Waals surface area (Å²) in [6.07, 6.45) is -1.93. The maximum Gasteiger partial charge on any atom is 0.304 e. The predicted molar refractivity (Wildman–Crippen MR) is 94.5 cm³/mol. The average Bonchev–Trinajstić information content (AvgIpc) is 2.87. The van der Waals surface area contributed by atoms with E-state index in [-0.39, 0.29) is 5.91 Å². The molecule has 134 valence electrons. The summed E-state index contributed by atoms with van der Waals surface area (Å²) in [5.74, 6) is -1.42. The lowest BCUT2D eigenvalue weighted by Gasteiger charge is -2.27. The number of benzene rings is 2. The van der Waals surface area contributed by atoms with Gasteiger partial charge in [-0.15, -0.1) is 0 Å². The van der Waals surface area contributed by atoms with E-state index in [1.165, 1.54) is 18.7 Å². The maximum atomic E-state index is 13.1. The molecule has 2 aromatic rings. The SMILES string of the molecule is CC(=O)O[C@@H]1c2cc(C)ccc2N(C(=O)c2ccccc2)[C@H]1OC(C)=O. The van der Waals surface area contributed by atoms with Gasteiger partial charge in [0.05, 0.1) is 5.69 Å². The van der Waals surface area contributed by atoms with Gasteiger partial charge in [0, 0.05) is 25.0 Å². The first-order chi connectivity index (χ1) is 12.4. The summed E-state index contributed by atoms with van der Waals surface area (Å²) in [7, 11) is 0. The van der Waals surface area contributed by atoms with Crippen molar-refractivity contribution in [2.24, 2.45) is 0 Å². The Balaban J connectivity index is 2.12. The number of hydrogen-bond donors (Lipinski definition) is 0. The Labute approximate surface area is 151 Å². The van der Waals surface area contributed by atoms with Crippen molar-refractivity contribution in [3.05, 3.63) is 65.2 Å². The quantitative estimate of drug-likeness (QED) is 0.793. The van der Waals surface area contributed by atoms with Crippen LogP contribution < -0.4 is 4.90 Å². The van der Waals surface area contributed by atoms with Crippen LogP contribution >= 0.6 is 0 Å². The second kappa shape index (κ2) is 7.00. The average molecular weight is 353 g/mol. The van der Waals surface area contributed by atoms with E-state index >= 15 is 0 Å². The molecule has 6 nitrogen and oxygen atoms in total. The molecule has 26 heavy (non-hydrogen) atoms. The van der Waals surface area contributed by atoms with Crippen LogP contribution in [0.2, 0.25) is 0 Å². The lowest BCUT2D eigenvalue weighted by molar-refractivity contribution is -0.164. The summed E-state index contributed by atoms with van der Waals surface area (Å²) in [5.41, 5.74) is 2.58. The molecule has 0 aliphatic carbocycles. The van der Waals surface area contributed by atoms with Gasteiger partial charge in [-0.05, 0) is 25.1 Å². The molecule has 2 atom stereocenters. The topological polar surface area (TPSA) is 72.9 Å². The first kappa shape index (κ1) is 17.7. The van der Waals surface area contributed by atoms with Gasteiger partial charge in [0.2, 0.25) is 6.23 Å². The number of carbonyl (C=O) groups is 3. The molecule has 1 heterocycles. The summed E-state index contributed by atoms with van der Waals surface area (Å²) in [6.45, 7) is 4.43. The molecule has 2 aromatic carbocycles. The Bertz CT molecular complexity index is 862. The first-order valence-corrected chi connectivity index (χ1v) is 8.22. The number of hydrogen-bond acceptors (Lipinski definition) is 5. The van der Waals surface area contributed by atoms with Crippen LogP contribution in [-0.2, 0) is 19.1 Å². The van der Waals surface area contributed by atoms with E-state index in [0.717, 1.165) is 5.56 Å². The van der Waals surface area contributed by atoms with Crippen LogP contribution in [0, 0.1) is 6.92 Å². The van der Waals surface area contributed by atoms with Crippen molar-refractivity contribution in [3.8, 4) is 0 Å². The summed E-state index contributed by atoms with van der Waals surface area (Å²) >= 11 is 0. The van der Waals surface area contributed by atoms with Crippen molar-refractivity contribution < 1.29 is 23.9 Å². The van der Waals surface area contributed by atoms with E-state index < -0.39 is 24.3 Å². The molecule has 0 aromatic heterocycles. The lowest BCUT2D eigenvalue weighted by atomic mass is 10.1. The van der Waals surface area contributed by atoms with Crippen molar-refractivity contribution >= 4 is 23.5 Å². The Hall–Kier alpha value is -3.15. The summed E-state index contributed by atoms with van der Waals surface area (Å²) in [4.78, 5) is 37.7. The van der Waals surface area contributed by atoms with E-state index in [0.29, 0.717) is 16.8 Å². The van der Waals surface area contributed by atoms with Crippen molar-refractivity contribution in [2.75, 3.05) is 4.90 Å². The zero-order chi connectivity index (χ0) is 18.8. The van der Waals surface area contributed by atoms with Crippen LogP contribution in [0.15, 0.2) is 48.5 Å². The third-order valence-electron chi connectivity index (χ3n) is 4.08. The molecular weight excluding hydrogens is 334 g/mol. The molecule has 0 unspecified atom stereocenters. The van der Waals surface area contributed by atoms with Gasteiger partial charge in [0.1, 0.15) is 0 Å². The minimum atomic E-state index is -1.05. The fraction of sp³-hybridized carbons (Fsp3) is 0.250. The molecule has 0 N–H and O–H groups in total. The van der Waals surface area contributed by atoms with Crippen LogP contribution in [0.25, 0.3) is 0 Å². The molecule has 1 aliphatic rings. The Morgan fingerprint density at radius 1 is 0.923 bits per heavy atom. The van der Waals surface area contributed by atoms with Crippen molar-refractivity contribution in [1.82, 2.24) is 0 Å². The zero-order valence-electron chi connectivity index (χ0n) is 14.8. The van der Waals surface area contributed by atoms with E-state index in [4.69, 9.17) is 9.47 Å². The van der Waals surface area contributed by atoms with Crippen molar-refractivity contribution in [3.63, 3.8) is 0 Å². The third kappa shape index (κ3) is 3.31. The van der Waals surface area contributed by atoms with E-state index in [1.807, 2.05) is 25.1 Å². The number of ether oxygens (including phenoxy) is 2. The van der Waals surface area contributed by atoms with E-state index in [2.05, 4.69) is 0 Å². The van der Waals surface area contributed by atoms with Crippen LogP contribution in [0.1, 0.15) is 41.4 Å². The van der Waals surface area contributed by atoms with Crippen molar-refractivity contribution in [2.45, 2.75) is 33.1 Å².